The molecule has 0 aromatic heterocycles. The first kappa shape index (κ1) is 25.6. The largest absolute Gasteiger partial charge is 0.504 e. The van der Waals surface area contributed by atoms with Gasteiger partial charge >= 0.3 is 7.12 Å². The van der Waals surface area contributed by atoms with Crippen LogP contribution in [0, 0.1) is 31.4 Å². The van der Waals surface area contributed by atoms with Crippen molar-refractivity contribution in [3.05, 3.63) is 66.7 Å². The number of non-ortho nitro benzene ring substituents is 1. The standard InChI is InChI=1S/C24H22BIN2O9/c1-36-19-7-11(6-17(26)22(19)30)18-9-15-20-16(5-12(10-29)21(15)25(33)37-18)23(31)27(24(20)32)13-3-2-4-14(8-13)28(34)35/h2-4,6-8,15-16,18,20,29-30,33H,5,9-10H2,1H3/t15-,16-,18-,20+/m0/s1. The van der Waals surface area contributed by atoms with Gasteiger partial charge in [0, 0.05) is 12.1 Å². The number of aromatic hydroxyl groups is 1. The van der Waals surface area contributed by atoms with E-state index in [1.54, 1.807) is 12.1 Å². The lowest BCUT2D eigenvalue weighted by atomic mass is 9.55. The number of carbonyl (C=O) groups excluding carboxylic acids is 2. The third-order valence-electron chi connectivity index (χ3n) is 7.34. The topological polar surface area (TPSA) is 160 Å². The third kappa shape index (κ3) is 4.19. The number of ether oxygens (including phenoxy) is 1. The van der Waals surface area contributed by atoms with Gasteiger partial charge in [-0.15, -0.1) is 0 Å². The first-order valence-electron chi connectivity index (χ1n) is 11.5. The molecule has 192 valence electrons. The number of hydrogen-bond acceptors (Lipinski definition) is 9. The summed E-state index contributed by atoms with van der Waals surface area (Å²) in [6.07, 6.45) is -0.401. The number of amides is 2. The van der Waals surface area contributed by atoms with Crippen molar-refractivity contribution in [2.45, 2.75) is 18.9 Å². The van der Waals surface area contributed by atoms with E-state index in [0.717, 1.165) is 4.90 Å². The smallest absolute Gasteiger partial charge is 0.487 e. The van der Waals surface area contributed by atoms with Crippen LogP contribution in [0.25, 0.3) is 0 Å². The summed E-state index contributed by atoms with van der Waals surface area (Å²) in [5, 5.41) is 42.5. The number of aliphatic hydroxyl groups excluding tert-OH is 1. The number of nitrogens with zero attached hydrogens (tertiary/aromatic N) is 2. The van der Waals surface area contributed by atoms with Crippen molar-refractivity contribution in [2.75, 3.05) is 18.6 Å². The Kier molecular flexibility index (Phi) is 6.72. The lowest BCUT2D eigenvalue weighted by Gasteiger charge is -2.42. The van der Waals surface area contributed by atoms with Gasteiger partial charge in [0.15, 0.2) is 11.5 Å². The molecule has 2 aromatic rings. The highest BCUT2D eigenvalue weighted by Crippen LogP contribution is 2.52. The molecule has 2 aliphatic heterocycles. The maximum absolute atomic E-state index is 13.7. The Morgan fingerprint density at radius 2 is 2.00 bits per heavy atom. The predicted molar refractivity (Wildman–Crippen MR) is 139 cm³/mol. The average Bonchev–Trinajstić information content (AvgIpc) is 3.14. The molecule has 5 rings (SSSR count). The Bertz CT molecular complexity index is 1350. The van der Waals surface area contributed by atoms with Crippen molar-refractivity contribution in [3.63, 3.8) is 0 Å². The summed E-state index contributed by atoms with van der Waals surface area (Å²) in [5.74, 6) is -3.07. The molecule has 11 nitrogen and oxygen atoms in total. The highest BCUT2D eigenvalue weighted by molar-refractivity contribution is 14.1. The minimum atomic E-state index is -1.42. The second-order valence-corrected chi connectivity index (χ2v) is 10.4. The number of aliphatic hydroxyl groups is 1. The van der Waals surface area contributed by atoms with Crippen molar-refractivity contribution in [2.24, 2.45) is 17.8 Å². The second kappa shape index (κ2) is 9.70. The number of anilines is 1. The van der Waals surface area contributed by atoms with Crippen LogP contribution in [-0.2, 0) is 14.2 Å². The van der Waals surface area contributed by atoms with Crippen LogP contribution in [0.4, 0.5) is 11.4 Å². The summed E-state index contributed by atoms with van der Waals surface area (Å²) >= 11 is 1.95. The Labute approximate surface area is 225 Å². The molecule has 2 amide bonds. The summed E-state index contributed by atoms with van der Waals surface area (Å²) < 4.78 is 11.6. The van der Waals surface area contributed by atoms with E-state index in [2.05, 4.69) is 0 Å². The van der Waals surface area contributed by atoms with E-state index in [1.165, 1.54) is 31.4 Å². The minimum Gasteiger partial charge on any atom is -0.504 e. The number of allylic oxidation sites excluding steroid dienone is 1. The molecular weight excluding hydrogens is 598 g/mol. The number of nitro benzene ring substituents is 1. The first-order chi connectivity index (χ1) is 17.7. The zero-order chi connectivity index (χ0) is 26.6. The Morgan fingerprint density at radius 1 is 1.24 bits per heavy atom. The molecule has 37 heavy (non-hydrogen) atoms. The number of carbonyl (C=O) groups is 2. The van der Waals surface area contributed by atoms with Crippen LogP contribution in [0.2, 0.25) is 0 Å². The Balaban J connectivity index is 1.54. The summed E-state index contributed by atoms with van der Waals surface area (Å²) in [6.45, 7) is -0.413. The number of halogens is 1. The lowest BCUT2D eigenvalue weighted by molar-refractivity contribution is -0.384. The van der Waals surface area contributed by atoms with Gasteiger partial charge in [-0.1, -0.05) is 6.07 Å². The third-order valence-corrected chi connectivity index (χ3v) is 8.17. The molecule has 1 aliphatic carbocycles. The first-order valence-corrected chi connectivity index (χ1v) is 12.6. The molecule has 2 fully saturated rings. The van der Waals surface area contributed by atoms with Crippen molar-refractivity contribution in [1.29, 1.82) is 0 Å². The van der Waals surface area contributed by atoms with Crippen LogP contribution < -0.4 is 9.64 Å². The van der Waals surface area contributed by atoms with E-state index in [1.807, 2.05) is 22.6 Å². The summed E-state index contributed by atoms with van der Waals surface area (Å²) in [5.41, 5.74) is 1.30. The molecule has 3 N–H and O–H groups in total. The monoisotopic (exact) mass is 620 g/mol. The number of fused-ring (bicyclic) bond motifs is 3. The number of rotatable bonds is 5. The van der Waals surface area contributed by atoms with Crippen LogP contribution >= 0.6 is 22.6 Å². The quantitative estimate of drug-likeness (QED) is 0.150. The SMILES string of the molecule is COc1cc([C@@H]2C[C@@H]3C(=C(CO)C[C@@H]4C(=O)N(c5cccc([N+](=O)[O-])c5)C(=O)[C@@H]43)B(O)O2)cc(I)c1O. The van der Waals surface area contributed by atoms with Gasteiger partial charge in [-0.2, -0.15) is 0 Å². The average molecular weight is 620 g/mol. The maximum Gasteiger partial charge on any atom is 0.487 e. The van der Waals surface area contributed by atoms with E-state index >= 15 is 0 Å². The van der Waals surface area contributed by atoms with Gasteiger partial charge in [-0.3, -0.25) is 19.7 Å². The minimum absolute atomic E-state index is 0.0340. The molecule has 0 unspecified atom stereocenters. The van der Waals surface area contributed by atoms with Gasteiger partial charge in [-0.05, 0) is 76.2 Å². The molecule has 0 saturated carbocycles. The van der Waals surface area contributed by atoms with Gasteiger partial charge in [0.05, 0.1) is 45.8 Å². The van der Waals surface area contributed by atoms with Gasteiger partial charge < -0.3 is 24.6 Å². The van der Waals surface area contributed by atoms with Gasteiger partial charge in [0.1, 0.15) is 0 Å². The molecule has 13 heteroatoms. The number of phenols is 1. The molecule has 2 heterocycles. The highest BCUT2D eigenvalue weighted by Gasteiger charge is 2.58. The van der Waals surface area contributed by atoms with Gasteiger partial charge in [0.2, 0.25) is 11.8 Å². The van der Waals surface area contributed by atoms with Crippen LogP contribution in [0.1, 0.15) is 24.5 Å². The van der Waals surface area contributed by atoms with Crippen molar-refractivity contribution >= 4 is 52.9 Å². The van der Waals surface area contributed by atoms with Crippen molar-refractivity contribution in [1.82, 2.24) is 0 Å². The van der Waals surface area contributed by atoms with Gasteiger partial charge in [-0.25, -0.2) is 4.90 Å². The van der Waals surface area contributed by atoms with Crippen molar-refractivity contribution < 1.29 is 39.1 Å². The predicted octanol–water partition coefficient (Wildman–Crippen LogP) is 2.51. The second-order valence-electron chi connectivity index (χ2n) is 9.22. The molecule has 2 aromatic carbocycles. The number of benzene rings is 2. The van der Waals surface area contributed by atoms with E-state index in [9.17, 15) is 34.9 Å². The Hall–Kier alpha value is -3.01. The van der Waals surface area contributed by atoms with Crippen LogP contribution in [-0.4, -0.2) is 52.8 Å². The number of phenolic OH excluding ortho intramolecular Hbond substituents is 1. The maximum atomic E-state index is 13.7. The zero-order valence-corrected chi connectivity index (χ0v) is 21.7. The number of methoxy groups -OCH3 is 1. The summed E-state index contributed by atoms with van der Waals surface area (Å²) in [7, 11) is -0.00393. The number of hydrogen-bond donors (Lipinski definition) is 3. The number of imide groups is 1. The van der Waals surface area contributed by atoms with E-state index < -0.39 is 54.3 Å². The highest BCUT2D eigenvalue weighted by atomic mass is 127. The summed E-state index contributed by atoms with van der Waals surface area (Å²) in [4.78, 5) is 38.8. The zero-order valence-electron chi connectivity index (χ0n) is 19.5. The molecule has 0 radical (unpaired) electrons. The molecular formula is C24H22BIN2O9. The normalized spacial score (nSPS) is 25.3. The molecule has 0 spiro atoms. The molecule has 2 saturated heterocycles. The summed E-state index contributed by atoms with van der Waals surface area (Å²) in [6, 6.07) is 8.61. The fourth-order valence-corrected chi connectivity index (χ4v) is 6.33. The fraction of sp³-hybridized carbons (Fsp3) is 0.333. The molecule has 0 bridgehead atoms. The van der Waals surface area contributed by atoms with E-state index in [-0.39, 0.29) is 35.7 Å². The van der Waals surface area contributed by atoms with Gasteiger partial charge in [0.25, 0.3) is 5.69 Å². The molecule has 3 aliphatic rings. The fourth-order valence-electron chi connectivity index (χ4n) is 5.71. The van der Waals surface area contributed by atoms with Crippen LogP contribution in [0.15, 0.2) is 47.4 Å². The lowest BCUT2D eigenvalue weighted by Crippen LogP contribution is -2.45. The molecule has 4 atom stereocenters. The van der Waals surface area contributed by atoms with E-state index in [4.69, 9.17) is 9.39 Å². The van der Waals surface area contributed by atoms with Crippen LogP contribution in [0.5, 0.6) is 11.5 Å². The Morgan fingerprint density at radius 3 is 2.68 bits per heavy atom. The van der Waals surface area contributed by atoms with E-state index in [0.29, 0.717) is 20.2 Å². The van der Waals surface area contributed by atoms with Crippen molar-refractivity contribution in [3.8, 4) is 11.5 Å². The van der Waals surface area contributed by atoms with Crippen LogP contribution in [0.3, 0.4) is 0 Å². The number of nitro groups is 1.